The Morgan fingerprint density at radius 3 is 2.69 bits per heavy atom. The van der Waals surface area contributed by atoms with Gasteiger partial charge in [-0.25, -0.2) is 15.0 Å². The summed E-state index contributed by atoms with van der Waals surface area (Å²) in [5.41, 5.74) is 1.53. The fourth-order valence-electron chi connectivity index (χ4n) is 0.955. The predicted molar refractivity (Wildman–Crippen MR) is 52.6 cm³/mol. The number of aromatic amines is 1. The highest BCUT2D eigenvalue weighted by Gasteiger charge is 2.01. The van der Waals surface area contributed by atoms with Crippen LogP contribution >= 0.6 is 0 Å². The van der Waals surface area contributed by atoms with Crippen LogP contribution in [0.25, 0.3) is 11.2 Å². The van der Waals surface area contributed by atoms with E-state index in [1.165, 1.54) is 6.33 Å². The van der Waals surface area contributed by atoms with E-state index >= 15 is 0 Å². The first-order chi connectivity index (χ1) is 6.42. The highest BCUT2D eigenvalue weighted by molar-refractivity contribution is 5.81. The number of H-pyrrole nitrogens is 1. The van der Waals surface area contributed by atoms with Crippen LogP contribution in [-0.2, 0) is 0 Å². The van der Waals surface area contributed by atoms with Crippen molar-refractivity contribution in [1.82, 2.24) is 19.9 Å². The number of imidazole rings is 1. The summed E-state index contributed by atoms with van der Waals surface area (Å²) in [6.45, 7) is 4.00. The van der Waals surface area contributed by atoms with Gasteiger partial charge in [0.05, 0.1) is 6.33 Å². The quantitative estimate of drug-likeness (QED) is 0.694. The van der Waals surface area contributed by atoms with E-state index in [1.807, 2.05) is 20.9 Å². The van der Waals surface area contributed by atoms with Crippen molar-refractivity contribution in [2.24, 2.45) is 0 Å². The average molecular weight is 179 g/mol. The number of anilines is 1. The van der Waals surface area contributed by atoms with Gasteiger partial charge in [-0.1, -0.05) is 13.8 Å². The maximum atomic E-state index is 4.00. The van der Waals surface area contributed by atoms with E-state index < -0.39 is 0 Å². The van der Waals surface area contributed by atoms with Gasteiger partial charge in [0.25, 0.3) is 0 Å². The molecule has 0 spiro atoms. The molecular weight excluding hydrogens is 166 g/mol. The van der Waals surface area contributed by atoms with Crippen LogP contribution < -0.4 is 5.32 Å². The molecule has 2 aromatic heterocycles. The number of aromatic nitrogens is 4. The summed E-state index contributed by atoms with van der Waals surface area (Å²) in [5, 5.41) is 2.93. The normalized spacial score (nSPS) is 9.15. The second kappa shape index (κ2) is 4.39. The van der Waals surface area contributed by atoms with Crippen LogP contribution in [0.4, 0.5) is 5.82 Å². The number of nitrogens with one attached hydrogen (secondary N) is 2. The average Bonchev–Trinajstić information content (AvgIpc) is 2.68. The third-order valence-electron chi connectivity index (χ3n) is 1.46. The molecule has 2 heterocycles. The minimum absolute atomic E-state index is 0.685. The van der Waals surface area contributed by atoms with Crippen molar-refractivity contribution in [3.8, 4) is 0 Å². The second-order valence-corrected chi connectivity index (χ2v) is 2.07. The van der Waals surface area contributed by atoms with Gasteiger partial charge in [-0.3, -0.25) is 0 Å². The Bertz CT molecular complexity index is 367. The van der Waals surface area contributed by atoms with Gasteiger partial charge in [0.15, 0.2) is 11.5 Å². The molecule has 2 aromatic rings. The molecule has 0 aliphatic rings. The lowest BCUT2D eigenvalue weighted by molar-refractivity contribution is 1.19. The van der Waals surface area contributed by atoms with Crippen LogP contribution in [0.1, 0.15) is 13.8 Å². The van der Waals surface area contributed by atoms with E-state index in [1.54, 1.807) is 6.33 Å². The maximum Gasteiger partial charge on any atom is 0.182 e. The molecule has 0 amide bonds. The molecule has 0 aliphatic carbocycles. The highest BCUT2D eigenvalue weighted by atomic mass is 15.1. The minimum Gasteiger partial charge on any atom is -0.371 e. The van der Waals surface area contributed by atoms with Gasteiger partial charge in [0.1, 0.15) is 11.8 Å². The lowest BCUT2D eigenvalue weighted by Gasteiger charge is -1.96. The van der Waals surface area contributed by atoms with Crippen LogP contribution in [0.15, 0.2) is 12.7 Å². The second-order valence-electron chi connectivity index (χ2n) is 2.07. The molecule has 0 bridgehead atoms. The van der Waals surface area contributed by atoms with Gasteiger partial charge >= 0.3 is 0 Å². The van der Waals surface area contributed by atoms with Crippen molar-refractivity contribution < 1.29 is 0 Å². The zero-order valence-electron chi connectivity index (χ0n) is 8.00. The summed E-state index contributed by atoms with van der Waals surface area (Å²) in [7, 11) is 1.81. The molecule has 0 unspecified atom stereocenters. The van der Waals surface area contributed by atoms with E-state index in [9.17, 15) is 0 Å². The lowest BCUT2D eigenvalue weighted by atomic mass is 10.5. The Morgan fingerprint density at radius 1 is 1.23 bits per heavy atom. The van der Waals surface area contributed by atoms with Crippen molar-refractivity contribution in [2.45, 2.75) is 13.8 Å². The zero-order valence-corrected chi connectivity index (χ0v) is 8.00. The molecule has 0 fully saturated rings. The van der Waals surface area contributed by atoms with E-state index in [0.717, 1.165) is 11.3 Å². The number of hydrogen-bond acceptors (Lipinski definition) is 4. The molecular formula is C8H13N5. The molecule has 0 aromatic carbocycles. The third-order valence-corrected chi connectivity index (χ3v) is 1.46. The largest absolute Gasteiger partial charge is 0.371 e. The fourth-order valence-corrected chi connectivity index (χ4v) is 0.955. The van der Waals surface area contributed by atoms with Crippen molar-refractivity contribution in [1.29, 1.82) is 0 Å². The molecule has 0 saturated heterocycles. The molecule has 5 nitrogen and oxygen atoms in total. The van der Waals surface area contributed by atoms with Gasteiger partial charge in [-0.15, -0.1) is 0 Å². The Kier molecular flexibility index (Phi) is 3.19. The zero-order chi connectivity index (χ0) is 9.68. The topological polar surface area (TPSA) is 66.5 Å². The van der Waals surface area contributed by atoms with Gasteiger partial charge < -0.3 is 10.3 Å². The third kappa shape index (κ3) is 1.74. The van der Waals surface area contributed by atoms with E-state index in [4.69, 9.17) is 0 Å². The minimum atomic E-state index is 0.685. The molecule has 2 rings (SSSR count). The summed E-state index contributed by atoms with van der Waals surface area (Å²) < 4.78 is 0. The molecule has 0 aliphatic heterocycles. The highest BCUT2D eigenvalue weighted by Crippen LogP contribution is 2.12. The smallest absolute Gasteiger partial charge is 0.182 e. The maximum absolute atomic E-state index is 4.00. The summed E-state index contributed by atoms with van der Waals surface area (Å²) in [6, 6.07) is 0. The van der Waals surface area contributed by atoms with Crippen LogP contribution in [0.3, 0.4) is 0 Å². The van der Waals surface area contributed by atoms with E-state index in [-0.39, 0.29) is 0 Å². The SMILES string of the molecule is CC.CNc1ncnc2nc[nH]c12. The van der Waals surface area contributed by atoms with E-state index in [0.29, 0.717) is 5.65 Å². The Morgan fingerprint density at radius 2 is 2.00 bits per heavy atom. The summed E-state index contributed by atoms with van der Waals surface area (Å²) in [5.74, 6) is 0.771. The molecule has 2 N–H and O–H groups in total. The molecule has 13 heavy (non-hydrogen) atoms. The number of nitrogens with zero attached hydrogens (tertiary/aromatic N) is 3. The Hall–Kier alpha value is -1.65. The molecule has 0 saturated carbocycles. The first-order valence-corrected chi connectivity index (χ1v) is 4.23. The lowest BCUT2D eigenvalue weighted by Crippen LogP contribution is -1.93. The number of fused-ring (bicyclic) bond motifs is 1. The van der Waals surface area contributed by atoms with Gasteiger partial charge in [0.2, 0.25) is 0 Å². The van der Waals surface area contributed by atoms with Crippen LogP contribution in [0, 0.1) is 0 Å². The van der Waals surface area contributed by atoms with Crippen molar-refractivity contribution in [3.63, 3.8) is 0 Å². The monoisotopic (exact) mass is 179 g/mol. The summed E-state index contributed by atoms with van der Waals surface area (Å²) in [6.07, 6.45) is 3.08. The first-order valence-electron chi connectivity index (χ1n) is 4.23. The van der Waals surface area contributed by atoms with Gasteiger partial charge in [-0.2, -0.15) is 0 Å². The van der Waals surface area contributed by atoms with Crippen molar-refractivity contribution in [2.75, 3.05) is 12.4 Å². The number of rotatable bonds is 1. The summed E-state index contributed by atoms with van der Waals surface area (Å²) in [4.78, 5) is 14.9. The van der Waals surface area contributed by atoms with Crippen LogP contribution in [0.5, 0.6) is 0 Å². The van der Waals surface area contributed by atoms with Gasteiger partial charge in [-0.05, 0) is 0 Å². The Balaban J connectivity index is 0.000000396. The molecule has 0 atom stereocenters. The number of hydrogen-bond donors (Lipinski definition) is 2. The molecule has 70 valence electrons. The molecule has 5 heteroatoms. The molecule has 0 radical (unpaired) electrons. The van der Waals surface area contributed by atoms with Crippen LogP contribution in [0.2, 0.25) is 0 Å². The van der Waals surface area contributed by atoms with Crippen molar-refractivity contribution in [3.05, 3.63) is 12.7 Å². The van der Waals surface area contributed by atoms with Gasteiger partial charge in [0, 0.05) is 7.05 Å². The summed E-state index contributed by atoms with van der Waals surface area (Å²) >= 11 is 0. The van der Waals surface area contributed by atoms with E-state index in [2.05, 4.69) is 25.3 Å². The van der Waals surface area contributed by atoms with Crippen LogP contribution in [-0.4, -0.2) is 27.0 Å². The standard InChI is InChI=1S/C6H7N5.C2H6/c1-7-5-4-6(10-2-8-4)11-3-9-5;1-2/h2-3H,1H3,(H2,7,8,9,10,11);1-2H3. The van der Waals surface area contributed by atoms with Crippen molar-refractivity contribution >= 4 is 17.0 Å². The Labute approximate surface area is 76.6 Å². The predicted octanol–water partition coefficient (Wildman–Crippen LogP) is 1.42. The first kappa shape index (κ1) is 9.44. The fraction of sp³-hybridized carbons (Fsp3) is 0.375.